The van der Waals surface area contributed by atoms with Gasteiger partial charge in [0, 0.05) is 57.4 Å². The summed E-state index contributed by atoms with van der Waals surface area (Å²) in [5.41, 5.74) is 1.47. The zero-order valence-corrected chi connectivity index (χ0v) is 16.2. The second-order valence-electron chi connectivity index (χ2n) is 7.28. The van der Waals surface area contributed by atoms with Crippen LogP contribution in [0.25, 0.3) is 11.1 Å². The summed E-state index contributed by atoms with van der Waals surface area (Å²) in [5.74, 6) is 0.106. The Balaban J connectivity index is 1.32. The lowest BCUT2D eigenvalue weighted by Gasteiger charge is -2.31. The van der Waals surface area contributed by atoms with Gasteiger partial charge in [-0.25, -0.2) is 0 Å². The summed E-state index contributed by atoms with van der Waals surface area (Å²) in [6.45, 7) is 7.27. The average molecular weight is 392 g/mol. The number of oxazole rings is 1. The molecule has 2 N–H and O–H groups in total. The Labute approximate surface area is 164 Å². The molecule has 7 nitrogen and oxygen atoms in total. The van der Waals surface area contributed by atoms with Crippen molar-refractivity contribution in [3.05, 3.63) is 23.2 Å². The van der Waals surface area contributed by atoms with Gasteiger partial charge < -0.3 is 20.0 Å². The van der Waals surface area contributed by atoms with Gasteiger partial charge in [-0.3, -0.25) is 9.69 Å². The number of benzene rings is 1. The largest absolute Gasteiger partial charge is 0.423 e. The maximum absolute atomic E-state index is 12.6. The van der Waals surface area contributed by atoms with Crippen molar-refractivity contribution in [3.8, 4) is 0 Å². The Morgan fingerprint density at radius 3 is 3.04 bits per heavy atom. The van der Waals surface area contributed by atoms with Gasteiger partial charge in [-0.15, -0.1) is 0 Å². The van der Waals surface area contributed by atoms with Crippen molar-refractivity contribution in [3.63, 3.8) is 0 Å². The van der Waals surface area contributed by atoms with Gasteiger partial charge in [-0.05, 0) is 31.0 Å². The molecule has 0 spiro atoms. The molecule has 1 aromatic heterocycles. The van der Waals surface area contributed by atoms with Crippen LogP contribution in [0.3, 0.4) is 0 Å². The van der Waals surface area contributed by atoms with E-state index < -0.39 is 0 Å². The Morgan fingerprint density at radius 1 is 1.33 bits per heavy atom. The van der Waals surface area contributed by atoms with Crippen LogP contribution >= 0.6 is 11.6 Å². The molecule has 0 aliphatic carbocycles. The molecule has 0 bridgehead atoms. The van der Waals surface area contributed by atoms with Crippen molar-refractivity contribution in [1.82, 2.24) is 20.5 Å². The number of rotatable bonds is 5. The molecule has 146 valence electrons. The molecule has 2 aromatic rings. The van der Waals surface area contributed by atoms with Gasteiger partial charge in [0.2, 0.25) is 5.91 Å². The zero-order valence-electron chi connectivity index (χ0n) is 15.4. The third kappa shape index (κ3) is 4.54. The molecule has 1 atom stereocenters. The summed E-state index contributed by atoms with van der Waals surface area (Å²) in [6.07, 6.45) is 1.86. The zero-order chi connectivity index (χ0) is 18.6. The SMILES string of the molecule is O=C(NCCN1CCNCC1)C1CCCN(c2nc3cc(Cl)ccc3o2)C1. The van der Waals surface area contributed by atoms with E-state index in [-0.39, 0.29) is 11.8 Å². The lowest BCUT2D eigenvalue weighted by atomic mass is 9.97. The summed E-state index contributed by atoms with van der Waals surface area (Å²) in [7, 11) is 0. The van der Waals surface area contributed by atoms with Crippen LogP contribution in [-0.2, 0) is 4.79 Å². The number of hydrogen-bond acceptors (Lipinski definition) is 6. The van der Waals surface area contributed by atoms with E-state index in [0.717, 1.165) is 63.2 Å². The Bertz CT molecular complexity index is 789. The number of amides is 1. The predicted molar refractivity (Wildman–Crippen MR) is 106 cm³/mol. The van der Waals surface area contributed by atoms with Crippen LogP contribution in [0.2, 0.25) is 5.02 Å². The lowest BCUT2D eigenvalue weighted by Crippen LogP contribution is -2.48. The van der Waals surface area contributed by atoms with Crippen molar-refractivity contribution >= 4 is 34.6 Å². The number of nitrogens with zero attached hydrogens (tertiary/aromatic N) is 3. The van der Waals surface area contributed by atoms with Crippen molar-refractivity contribution in [2.75, 3.05) is 57.3 Å². The van der Waals surface area contributed by atoms with E-state index in [2.05, 4.69) is 25.4 Å². The minimum absolute atomic E-state index is 0.0274. The minimum Gasteiger partial charge on any atom is -0.423 e. The molecular formula is C19H26ClN5O2. The Kier molecular flexibility index (Phi) is 5.80. The van der Waals surface area contributed by atoms with Crippen molar-refractivity contribution in [2.45, 2.75) is 12.8 Å². The number of fused-ring (bicyclic) bond motifs is 1. The van der Waals surface area contributed by atoms with Gasteiger partial charge in [0.05, 0.1) is 5.92 Å². The molecule has 1 aromatic carbocycles. The quantitative estimate of drug-likeness (QED) is 0.808. The van der Waals surface area contributed by atoms with Crippen LogP contribution in [0.15, 0.2) is 22.6 Å². The van der Waals surface area contributed by atoms with Gasteiger partial charge in [-0.1, -0.05) is 11.6 Å². The normalized spacial score (nSPS) is 21.5. The summed E-state index contributed by atoms with van der Waals surface area (Å²) in [4.78, 5) is 21.6. The average Bonchev–Trinajstić information content (AvgIpc) is 3.12. The number of nitrogens with one attached hydrogen (secondary N) is 2. The van der Waals surface area contributed by atoms with Crippen molar-refractivity contribution in [1.29, 1.82) is 0 Å². The van der Waals surface area contributed by atoms with E-state index in [4.69, 9.17) is 16.0 Å². The van der Waals surface area contributed by atoms with Crippen LogP contribution in [0.4, 0.5) is 6.01 Å². The molecule has 1 amide bonds. The number of hydrogen-bond donors (Lipinski definition) is 2. The van der Waals surface area contributed by atoms with E-state index in [0.29, 0.717) is 24.1 Å². The molecule has 2 saturated heterocycles. The van der Waals surface area contributed by atoms with Crippen molar-refractivity contribution in [2.24, 2.45) is 5.92 Å². The van der Waals surface area contributed by atoms with Gasteiger partial charge in [0.25, 0.3) is 6.01 Å². The summed E-state index contributed by atoms with van der Waals surface area (Å²) in [5, 5.41) is 7.09. The molecule has 2 aliphatic heterocycles. The first kappa shape index (κ1) is 18.5. The molecule has 0 radical (unpaired) electrons. The fourth-order valence-electron chi connectivity index (χ4n) is 3.80. The second kappa shape index (κ2) is 8.46. The van der Waals surface area contributed by atoms with E-state index in [9.17, 15) is 4.79 Å². The van der Waals surface area contributed by atoms with Crippen LogP contribution < -0.4 is 15.5 Å². The highest BCUT2D eigenvalue weighted by Gasteiger charge is 2.28. The first-order chi connectivity index (χ1) is 13.2. The summed E-state index contributed by atoms with van der Waals surface area (Å²) >= 11 is 6.03. The summed E-state index contributed by atoms with van der Waals surface area (Å²) in [6, 6.07) is 6.00. The van der Waals surface area contributed by atoms with Crippen LogP contribution in [0.1, 0.15) is 12.8 Å². The molecular weight excluding hydrogens is 366 g/mol. The fourth-order valence-corrected chi connectivity index (χ4v) is 3.97. The van der Waals surface area contributed by atoms with Gasteiger partial charge in [-0.2, -0.15) is 4.98 Å². The molecule has 2 aliphatic rings. The maximum atomic E-state index is 12.6. The van der Waals surface area contributed by atoms with Crippen LogP contribution in [0.5, 0.6) is 0 Å². The van der Waals surface area contributed by atoms with Gasteiger partial charge in [0.1, 0.15) is 5.52 Å². The summed E-state index contributed by atoms with van der Waals surface area (Å²) < 4.78 is 5.86. The topological polar surface area (TPSA) is 73.6 Å². The number of halogens is 1. The van der Waals surface area contributed by atoms with E-state index in [1.54, 1.807) is 12.1 Å². The number of carbonyl (C=O) groups is 1. The molecule has 8 heteroatoms. The highest BCUT2D eigenvalue weighted by molar-refractivity contribution is 6.31. The van der Waals surface area contributed by atoms with Crippen LogP contribution in [0, 0.1) is 5.92 Å². The smallest absolute Gasteiger partial charge is 0.298 e. The monoisotopic (exact) mass is 391 g/mol. The Hall–Kier alpha value is -1.83. The third-order valence-corrected chi connectivity index (χ3v) is 5.57. The highest BCUT2D eigenvalue weighted by atomic mass is 35.5. The van der Waals surface area contributed by atoms with Gasteiger partial charge in [0.15, 0.2) is 5.58 Å². The number of piperazine rings is 1. The van der Waals surface area contributed by atoms with Crippen molar-refractivity contribution < 1.29 is 9.21 Å². The first-order valence-electron chi connectivity index (χ1n) is 9.71. The molecule has 3 heterocycles. The molecule has 1 unspecified atom stereocenters. The molecule has 4 rings (SSSR count). The standard InChI is InChI=1S/C19H26ClN5O2/c20-15-3-4-17-16(12-15)23-19(27-17)25-8-1-2-14(13-25)18(26)22-7-11-24-9-5-21-6-10-24/h3-4,12,14,21H,1-2,5-11,13H2,(H,22,26). The predicted octanol–water partition coefficient (Wildman–Crippen LogP) is 1.72. The maximum Gasteiger partial charge on any atom is 0.298 e. The fraction of sp³-hybridized carbons (Fsp3) is 0.579. The lowest BCUT2D eigenvalue weighted by molar-refractivity contribution is -0.125. The number of aromatic nitrogens is 1. The van der Waals surface area contributed by atoms with E-state index >= 15 is 0 Å². The van der Waals surface area contributed by atoms with E-state index in [1.807, 2.05) is 6.07 Å². The van der Waals surface area contributed by atoms with E-state index in [1.165, 1.54) is 0 Å². The van der Waals surface area contributed by atoms with Gasteiger partial charge >= 0.3 is 0 Å². The molecule has 27 heavy (non-hydrogen) atoms. The number of anilines is 1. The second-order valence-corrected chi connectivity index (χ2v) is 7.71. The first-order valence-corrected chi connectivity index (χ1v) is 10.1. The minimum atomic E-state index is -0.0274. The number of piperidine rings is 1. The third-order valence-electron chi connectivity index (χ3n) is 5.34. The molecule has 2 fully saturated rings. The Morgan fingerprint density at radius 2 is 2.19 bits per heavy atom. The highest BCUT2D eigenvalue weighted by Crippen LogP contribution is 2.27. The van der Waals surface area contributed by atoms with Crippen LogP contribution in [-0.4, -0.2) is 68.1 Å². The molecule has 0 saturated carbocycles. The number of carbonyl (C=O) groups excluding carboxylic acids is 1.